The maximum absolute atomic E-state index is 7.02. The third-order valence-electron chi connectivity index (χ3n) is 15.9. The van der Waals surface area contributed by atoms with Gasteiger partial charge in [0.15, 0.2) is 0 Å². The summed E-state index contributed by atoms with van der Waals surface area (Å²) in [4.78, 5) is 7.39. The van der Waals surface area contributed by atoms with Crippen molar-refractivity contribution in [2.75, 3.05) is 4.90 Å². The summed E-state index contributed by atoms with van der Waals surface area (Å²) < 4.78 is 13.8. The van der Waals surface area contributed by atoms with Gasteiger partial charge < -0.3 is 8.83 Å². The van der Waals surface area contributed by atoms with E-state index in [1.807, 2.05) is 12.3 Å². The summed E-state index contributed by atoms with van der Waals surface area (Å²) in [6.07, 6.45) is 1.90. The van der Waals surface area contributed by atoms with Crippen molar-refractivity contribution < 1.29 is 8.83 Å². The summed E-state index contributed by atoms with van der Waals surface area (Å²) in [5, 5.41) is 4.72. The molecule has 3 heterocycles. The molecule has 4 nitrogen and oxygen atoms in total. The lowest BCUT2D eigenvalue weighted by atomic mass is 9.72. The fourth-order valence-electron chi connectivity index (χ4n) is 12.7. The van der Waals surface area contributed by atoms with Gasteiger partial charge in [0.05, 0.1) is 0 Å². The van der Waals surface area contributed by atoms with Crippen molar-refractivity contribution in [1.82, 2.24) is 4.98 Å². The second-order valence-corrected chi connectivity index (χ2v) is 20.7. The van der Waals surface area contributed by atoms with E-state index in [4.69, 9.17) is 13.8 Å². The van der Waals surface area contributed by atoms with Crippen LogP contribution in [0, 0.1) is 6.92 Å². The quantitative estimate of drug-likeness (QED) is 0.177. The average molecular weight is 865 g/mol. The Morgan fingerprint density at radius 2 is 0.985 bits per heavy atom. The second kappa shape index (κ2) is 13.0. The van der Waals surface area contributed by atoms with Gasteiger partial charge in [-0.05, 0) is 128 Å². The Hall–Kier alpha value is -7.69. The summed E-state index contributed by atoms with van der Waals surface area (Å²) >= 11 is 0. The molecular weight excluding hydrogens is 817 g/mol. The van der Waals surface area contributed by atoms with Gasteiger partial charge in [-0.1, -0.05) is 150 Å². The van der Waals surface area contributed by atoms with Crippen molar-refractivity contribution >= 4 is 61.1 Å². The lowest BCUT2D eigenvalue weighted by molar-refractivity contribution is 0.600. The predicted molar refractivity (Wildman–Crippen MR) is 276 cm³/mol. The van der Waals surface area contributed by atoms with Crippen LogP contribution in [0.15, 0.2) is 173 Å². The Labute approximate surface area is 390 Å². The van der Waals surface area contributed by atoms with Crippen LogP contribution in [0.1, 0.15) is 80.5 Å². The fraction of sp³-hybridized carbons (Fsp3) is 0.159. The highest BCUT2D eigenvalue weighted by atomic mass is 16.3. The first kappa shape index (κ1) is 38.6. The number of para-hydroxylation sites is 2. The van der Waals surface area contributed by atoms with Gasteiger partial charge in [0.25, 0.3) is 0 Å². The van der Waals surface area contributed by atoms with E-state index < -0.39 is 0 Å². The molecule has 0 amide bonds. The molecule has 3 aliphatic carbocycles. The van der Waals surface area contributed by atoms with Crippen LogP contribution < -0.4 is 4.90 Å². The first-order valence-corrected chi connectivity index (χ1v) is 23.6. The highest BCUT2D eigenvalue weighted by molar-refractivity contribution is 6.21. The number of hydrogen-bond acceptors (Lipinski definition) is 4. The first-order valence-electron chi connectivity index (χ1n) is 23.6. The van der Waals surface area contributed by atoms with Crippen LogP contribution in [0.5, 0.6) is 0 Å². The minimum absolute atomic E-state index is 0.214. The normalized spacial score (nSPS) is 15.4. The van der Waals surface area contributed by atoms with Crippen LogP contribution in [0.4, 0.5) is 17.2 Å². The lowest BCUT2D eigenvalue weighted by Gasteiger charge is -2.31. The zero-order chi connectivity index (χ0) is 45.3. The van der Waals surface area contributed by atoms with Gasteiger partial charge in [-0.15, -0.1) is 0 Å². The molecule has 0 spiro atoms. The summed E-state index contributed by atoms with van der Waals surface area (Å²) in [5.74, 6) is 0.867. The van der Waals surface area contributed by atoms with Gasteiger partial charge in [0, 0.05) is 66.5 Å². The van der Waals surface area contributed by atoms with Crippen LogP contribution in [0.2, 0.25) is 0 Å². The molecule has 0 aliphatic heterocycles. The Balaban J connectivity index is 0.976. The third-order valence-corrected chi connectivity index (χ3v) is 15.9. The molecule has 3 aliphatic rings. The summed E-state index contributed by atoms with van der Waals surface area (Å²) in [6, 6.07) is 57.7. The minimum Gasteiger partial charge on any atom is -0.455 e. The van der Waals surface area contributed by atoms with E-state index in [-0.39, 0.29) is 16.2 Å². The van der Waals surface area contributed by atoms with Gasteiger partial charge in [0.2, 0.25) is 0 Å². The van der Waals surface area contributed by atoms with Crippen molar-refractivity contribution in [3.05, 3.63) is 203 Å². The summed E-state index contributed by atoms with van der Waals surface area (Å²) in [7, 11) is 0. The molecule has 14 rings (SSSR count). The number of anilines is 3. The van der Waals surface area contributed by atoms with Crippen molar-refractivity contribution in [3.63, 3.8) is 0 Å². The van der Waals surface area contributed by atoms with Crippen molar-refractivity contribution in [1.29, 1.82) is 0 Å². The lowest BCUT2D eigenvalue weighted by Crippen LogP contribution is -2.24. The van der Waals surface area contributed by atoms with E-state index in [2.05, 4.69) is 205 Å². The number of fused-ring (bicyclic) bond motifs is 19. The van der Waals surface area contributed by atoms with Crippen LogP contribution in [-0.2, 0) is 16.2 Å². The van der Waals surface area contributed by atoms with Crippen molar-refractivity contribution in [2.45, 2.75) is 64.7 Å². The van der Waals surface area contributed by atoms with Crippen LogP contribution in [-0.4, -0.2) is 4.98 Å². The molecule has 3 aromatic heterocycles. The molecule has 0 atom stereocenters. The SMILES string of the molecule is Cc1ccc(-c2cc3c(c4c2oc2ccccc24)-c2ccc(N(c4ccc5c(c4)C(C)(C)c4c6c(c7c(oc8ccccc87)c4-5)-c4ccccc4C6(C)C)c4ccccn4)cc2C3(C)C)cc1. The number of furan rings is 2. The molecule has 322 valence electrons. The monoisotopic (exact) mass is 864 g/mol. The summed E-state index contributed by atoms with van der Waals surface area (Å²) in [5.41, 5.74) is 24.2. The number of aryl methyl sites for hydroxylation is 1. The highest BCUT2D eigenvalue weighted by Crippen LogP contribution is 2.64. The van der Waals surface area contributed by atoms with E-state index in [0.29, 0.717) is 0 Å². The van der Waals surface area contributed by atoms with Crippen LogP contribution >= 0.6 is 0 Å². The molecule has 67 heavy (non-hydrogen) atoms. The van der Waals surface area contributed by atoms with Crippen molar-refractivity contribution in [3.8, 4) is 44.5 Å². The van der Waals surface area contributed by atoms with E-state index in [1.54, 1.807) is 0 Å². The Bertz CT molecular complexity index is 3960. The zero-order valence-corrected chi connectivity index (χ0v) is 38.8. The largest absolute Gasteiger partial charge is 0.455 e. The summed E-state index contributed by atoms with van der Waals surface area (Å²) in [6.45, 7) is 16.6. The van der Waals surface area contributed by atoms with Crippen LogP contribution in [0.25, 0.3) is 88.4 Å². The Kier molecular flexibility index (Phi) is 7.49. The fourth-order valence-corrected chi connectivity index (χ4v) is 12.7. The van der Waals surface area contributed by atoms with E-state index in [0.717, 1.165) is 56.0 Å². The first-order chi connectivity index (χ1) is 32.4. The molecule has 8 aromatic carbocycles. The molecule has 0 bridgehead atoms. The molecular formula is C63H48N2O2. The van der Waals surface area contributed by atoms with E-state index in [9.17, 15) is 0 Å². The predicted octanol–water partition coefficient (Wildman–Crippen LogP) is 17.2. The smallest absolute Gasteiger partial charge is 0.144 e. The number of rotatable bonds is 4. The van der Waals surface area contributed by atoms with Gasteiger partial charge >= 0.3 is 0 Å². The van der Waals surface area contributed by atoms with Gasteiger partial charge in [0.1, 0.15) is 28.1 Å². The topological polar surface area (TPSA) is 42.4 Å². The number of benzene rings is 8. The third kappa shape index (κ3) is 4.95. The van der Waals surface area contributed by atoms with E-state index in [1.165, 1.54) is 88.5 Å². The molecule has 0 radical (unpaired) electrons. The standard InChI is InChI=1S/C63H48N2O2/c1-35-23-25-36(26-24-35)44-34-48-52(54-42-17-9-12-20-49(42)66-59(44)54)40-29-27-37(32-46(40)61(48,2)3)65(51-22-14-15-31-64-51)38-28-30-41-47(33-38)63(6,7)58-56(41)60-55(43-18-10-13-21-50(43)67-60)53-39-16-8-11-19-45(39)62(4,5)57(53)58/h8-34H,1-7H3. The molecule has 0 fully saturated rings. The zero-order valence-electron chi connectivity index (χ0n) is 38.8. The maximum atomic E-state index is 7.02. The van der Waals surface area contributed by atoms with Crippen molar-refractivity contribution in [2.24, 2.45) is 0 Å². The van der Waals surface area contributed by atoms with Gasteiger partial charge in [-0.25, -0.2) is 4.98 Å². The average Bonchev–Trinajstić information content (AvgIpc) is 4.09. The number of aromatic nitrogens is 1. The van der Waals surface area contributed by atoms with E-state index >= 15 is 0 Å². The molecule has 0 saturated carbocycles. The molecule has 0 N–H and O–H groups in total. The Morgan fingerprint density at radius 1 is 0.433 bits per heavy atom. The molecule has 0 saturated heterocycles. The molecule has 11 aromatic rings. The number of nitrogens with zero attached hydrogens (tertiary/aromatic N) is 2. The number of hydrogen-bond donors (Lipinski definition) is 0. The Morgan fingerprint density at radius 3 is 1.67 bits per heavy atom. The maximum Gasteiger partial charge on any atom is 0.144 e. The number of pyridine rings is 1. The molecule has 4 heteroatoms. The van der Waals surface area contributed by atoms with Gasteiger partial charge in [-0.3, -0.25) is 4.90 Å². The van der Waals surface area contributed by atoms with Crippen LogP contribution in [0.3, 0.4) is 0 Å². The highest BCUT2D eigenvalue weighted by Gasteiger charge is 2.49. The second-order valence-electron chi connectivity index (χ2n) is 20.7. The molecule has 0 unspecified atom stereocenters. The van der Waals surface area contributed by atoms with Gasteiger partial charge in [-0.2, -0.15) is 0 Å². The minimum atomic E-state index is -0.345.